The third kappa shape index (κ3) is 3.06. The lowest BCUT2D eigenvalue weighted by Crippen LogP contribution is -2.38. The number of rotatable bonds is 3. The Kier molecular flexibility index (Phi) is 3.95. The summed E-state index contributed by atoms with van der Waals surface area (Å²) in [5.41, 5.74) is 2.00. The van der Waals surface area contributed by atoms with Gasteiger partial charge in [-0.05, 0) is 5.56 Å². The van der Waals surface area contributed by atoms with E-state index in [1.807, 2.05) is 23.6 Å². The molecule has 2 aromatic heterocycles. The predicted octanol–water partition coefficient (Wildman–Crippen LogP) is 2.33. The fraction of sp³-hybridized carbons (Fsp3) is 0.294. The minimum Gasteiger partial charge on any atom is -0.371 e. The van der Waals surface area contributed by atoms with Gasteiger partial charge in [0.25, 0.3) is 5.56 Å². The van der Waals surface area contributed by atoms with Gasteiger partial charge in [0.05, 0.1) is 18.4 Å². The number of fused-ring (bicyclic) bond motifs is 1. The fourth-order valence-electron chi connectivity index (χ4n) is 2.91. The van der Waals surface area contributed by atoms with Crippen molar-refractivity contribution in [3.8, 4) is 0 Å². The number of ether oxygens (including phenoxy) is 1. The number of nitrogens with zero attached hydrogens (tertiary/aromatic N) is 3. The Labute approximate surface area is 137 Å². The first-order chi connectivity index (χ1) is 11.3. The zero-order chi connectivity index (χ0) is 15.6. The molecule has 3 aromatic rings. The van der Waals surface area contributed by atoms with Gasteiger partial charge in [-0.2, -0.15) is 0 Å². The van der Waals surface area contributed by atoms with Gasteiger partial charge in [0.15, 0.2) is 4.96 Å². The molecule has 1 saturated heterocycles. The average molecular weight is 327 g/mol. The van der Waals surface area contributed by atoms with E-state index in [4.69, 9.17) is 4.74 Å². The average Bonchev–Trinajstić information content (AvgIpc) is 3.05. The van der Waals surface area contributed by atoms with E-state index >= 15 is 0 Å². The predicted molar refractivity (Wildman–Crippen MR) is 89.8 cm³/mol. The molecule has 0 saturated carbocycles. The maximum Gasteiger partial charge on any atom is 0.258 e. The van der Waals surface area contributed by atoms with Crippen molar-refractivity contribution in [2.45, 2.75) is 12.6 Å². The summed E-state index contributed by atoms with van der Waals surface area (Å²) in [6.07, 6.45) is 1.84. The second kappa shape index (κ2) is 6.23. The smallest absolute Gasteiger partial charge is 0.258 e. The van der Waals surface area contributed by atoms with Crippen LogP contribution in [0.25, 0.3) is 4.96 Å². The summed E-state index contributed by atoms with van der Waals surface area (Å²) >= 11 is 1.48. The highest BCUT2D eigenvalue weighted by atomic mass is 32.1. The van der Waals surface area contributed by atoms with Crippen molar-refractivity contribution in [1.29, 1.82) is 0 Å². The van der Waals surface area contributed by atoms with Crippen molar-refractivity contribution in [3.05, 3.63) is 69.6 Å². The van der Waals surface area contributed by atoms with Crippen molar-refractivity contribution in [2.75, 3.05) is 19.7 Å². The Bertz CT molecular complexity index is 859. The molecule has 0 N–H and O–H groups in total. The highest BCUT2D eigenvalue weighted by Crippen LogP contribution is 2.22. The first kappa shape index (κ1) is 14.6. The second-order valence-corrected chi connectivity index (χ2v) is 6.52. The molecule has 3 heterocycles. The molecular weight excluding hydrogens is 310 g/mol. The molecule has 118 valence electrons. The van der Waals surface area contributed by atoms with Crippen molar-refractivity contribution >= 4 is 16.3 Å². The summed E-state index contributed by atoms with van der Waals surface area (Å²) in [6, 6.07) is 11.9. The van der Waals surface area contributed by atoms with Crippen LogP contribution in [0.1, 0.15) is 17.4 Å². The number of aromatic nitrogens is 2. The summed E-state index contributed by atoms with van der Waals surface area (Å²) in [4.78, 5) is 19.7. The van der Waals surface area contributed by atoms with Crippen LogP contribution in [-0.2, 0) is 11.3 Å². The van der Waals surface area contributed by atoms with Crippen molar-refractivity contribution in [2.24, 2.45) is 0 Å². The molecule has 5 nitrogen and oxygen atoms in total. The van der Waals surface area contributed by atoms with E-state index in [-0.39, 0.29) is 11.7 Å². The molecule has 0 amide bonds. The van der Waals surface area contributed by atoms with E-state index < -0.39 is 0 Å². The SMILES string of the molecule is O=c1cc(CN2CCOC(c3ccccc3)C2)nc2sccn12. The molecule has 0 aliphatic carbocycles. The van der Waals surface area contributed by atoms with Crippen LogP contribution in [0.5, 0.6) is 0 Å². The molecule has 0 spiro atoms. The Morgan fingerprint density at radius 3 is 3.04 bits per heavy atom. The van der Waals surface area contributed by atoms with Crippen LogP contribution in [0, 0.1) is 0 Å². The first-order valence-corrected chi connectivity index (χ1v) is 8.52. The second-order valence-electron chi connectivity index (χ2n) is 5.65. The summed E-state index contributed by atoms with van der Waals surface area (Å²) in [6.45, 7) is 3.04. The van der Waals surface area contributed by atoms with Gasteiger partial charge >= 0.3 is 0 Å². The van der Waals surface area contributed by atoms with E-state index in [0.717, 1.165) is 23.7 Å². The Morgan fingerprint density at radius 1 is 1.30 bits per heavy atom. The third-order valence-electron chi connectivity index (χ3n) is 4.06. The van der Waals surface area contributed by atoms with Crippen LogP contribution in [-0.4, -0.2) is 34.0 Å². The molecule has 6 heteroatoms. The largest absolute Gasteiger partial charge is 0.371 e. The zero-order valence-electron chi connectivity index (χ0n) is 12.6. The lowest BCUT2D eigenvalue weighted by atomic mass is 10.1. The lowest BCUT2D eigenvalue weighted by molar-refractivity contribution is -0.0332. The van der Waals surface area contributed by atoms with E-state index in [2.05, 4.69) is 22.0 Å². The summed E-state index contributed by atoms with van der Waals surface area (Å²) < 4.78 is 7.47. The van der Waals surface area contributed by atoms with E-state index in [9.17, 15) is 4.79 Å². The molecule has 1 fully saturated rings. The number of hydrogen-bond acceptors (Lipinski definition) is 5. The minimum atomic E-state index is -0.0147. The molecular formula is C17H17N3O2S. The van der Waals surface area contributed by atoms with E-state index in [1.165, 1.54) is 16.9 Å². The van der Waals surface area contributed by atoms with E-state index in [1.54, 1.807) is 16.7 Å². The zero-order valence-corrected chi connectivity index (χ0v) is 13.4. The molecule has 0 radical (unpaired) electrons. The van der Waals surface area contributed by atoms with Crippen molar-refractivity contribution in [1.82, 2.24) is 14.3 Å². The molecule has 1 aliphatic heterocycles. The number of hydrogen-bond donors (Lipinski definition) is 0. The fourth-order valence-corrected chi connectivity index (χ4v) is 3.65. The lowest BCUT2D eigenvalue weighted by Gasteiger charge is -2.32. The Hall–Kier alpha value is -2.02. The van der Waals surface area contributed by atoms with Crippen LogP contribution in [0.15, 0.2) is 52.8 Å². The van der Waals surface area contributed by atoms with Crippen LogP contribution in [0.4, 0.5) is 0 Å². The van der Waals surface area contributed by atoms with Gasteiger partial charge in [-0.15, -0.1) is 11.3 Å². The third-order valence-corrected chi connectivity index (χ3v) is 4.82. The number of morpholine rings is 1. The van der Waals surface area contributed by atoms with Gasteiger partial charge in [0.1, 0.15) is 0 Å². The molecule has 23 heavy (non-hydrogen) atoms. The van der Waals surface area contributed by atoms with Gasteiger partial charge in [-0.3, -0.25) is 14.1 Å². The highest BCUT2D eigenvalue weighted by molar-refractivity contribution is 7.15. The van der Waals surface area contributed by atoms with Gasteiger partial charge in [-0.25, -0.2) is 4.98 Å². The van der Waals surface area contributed by atoms with Crippen LogP contribution >= 0.6 is 11.3 Å². The Balaban J connectivity index is 1.52. The standard InChI is InChI=1S/C17H17N3O2S/c21-16-10-14(18-17-20(16)7-9-23-17)11-19-6-8-22-15(12-19)13-4-2-1-3-5-13/h1-5,7,9-10,15H,6,8,11-12H2. The van der Waals surface area contributed by atoms with Gasteiger partial charge in [0.2, 0.25) is 0 Å². The summed E-state index contributed by atoms with van der Waals surface area (Å²) in [7, 11) is 0. The number of benzene rings is 1. The van der Waals surface area contributed by atoms with Crippen molar-refractivity contribution < 1.29 is 4.74 Å². The topological polar surface area (TPSA) is 46.8 Å². The molecule has 0 bridgehead atoms. The quantitative estimate of drug-likeness (QED) is 0.741. The number of thiazole rings is 1. The monoisotopic (exact) mass is 327 g/mol. The highest BCUT2D eigenvalue weighted by Gasteiger charge is 2.22. The van der Waals surface area contributed by atoms with Gasteiger partial charge in [0, 0.05) is 37.3 Å². The van der Waals surface area contributed by atoms with Gasteiger partial charge < -0.3 is 4.74 Å². The minimum absolute atomic E-state index is 0.0147. The normalized spacial score (nSPS) is 19.2. The maximum absolute atomic E-state index is 12.1. The molecule has 4 rings (SSSR count). The van der Waals surface area contributed by atoms with Crippen molar-refractivity contribution in [3.63, 3.8) is 0 Å². The molecule has 1 aliphatic rings. The van der Waals surface area contributed by atoms with Crippen LogP contribution in [0.2, 0.25) is 0 Å². The summed E-state index contributed by atoms with van der Waals surface area (Å²) in [5.74, 6) is 0. The van der Waals surface area contributed by atoms with E-state index in [0.29, 0.717) is 13.2 Å². The Morgan fingerprint density at radius 2 is 2.17 bits per heavy atom. The maximum atomic E-state index is 12.1. The van der Waals surface area contributed by atoms with Gasteiger partial charge in [-0.1, -0.05) is 30.3 Å². The first-order valence-electron chi connectivity index (χ1n) is 7.64. The molecule has 1 unspecified atom stereocenters. The summed E-state index contributed by atoms with van der Waals surface area (Å²) in [5, 5.41) is 1.88. The molecule has 1 atom stereocenters. The van der Waals surface area contributed by atoms with Crippen LogP contribution in [0.3, 0.4) is 0 Å². The molecule has 1 aromatic carbocycles. The van der Waals surface area contributed by atoms with Crippen LogP contribution < -0.4 is 5.56 Å².